The number of carbonyl (C=O) groups excluding carboxylic acids is 2. The second kappa shape index (κ2) is 7.44. The fraction of sp³-hybridized carbons (Fsp3) is 0.130. The Kier molecular flexibility index (Phi) is 4.48. The van der Waals surface area contributed by atoms with E-state index < -0.39 is 5.92 Å². The van der Waals surface area contributed by atoms with Gasteiger partial charge in [-0.25, -0.2) is 4.68 Å². The summed E-state index contributed by atoms with van der Waals surface area (Å²) < 4.78 is 1.60. The maximum Gasteiger partial charge on any atom is 0.229 e. The Labute approximate surface area is 172 Å². The van der Waals surface area contributed by atoms with E-state index >= 15 is 0 Å². The molecule has 0 spiro atoms. The fourth-order valence-corrected chi connectivity index (χ4v) is 3.91. The minimum absolute atomic E-state index is 0.0453. The van der Waals surface area contributed by atoms with E-state index in [4.69, 9.17) is 0 Å². The number of hydrogen-bond acceptors (Lipinski definition) is 4. The Morgan fingerprint density at radius 2 is 1.73 bits per heavy atom. The third kappa shape index (κ3) is 3.20. The molecular weight excluding hydrogens is 378 g/mol. The number of amides is 2. The van der Waals surface area contributed by atoms with E-state index in [0.29, 0.717) is 12.2 Å². The van der Waals surface area contributed by atoms with Gasteiger partial charge in [0.1, 0.15) is 0 Å². The summed E-state index contributed by atoms with van der Waals surface area (Å²) >= 11 is 0. The Hall–Kier alpha value is -4.00. The molecule has 5 rings (SSSR count). The molecule has 30 heavy (non-hydrogen) atoms. The van der Waals surface area contributed by atoms with Crippen LogP contribution < -0.4 is 10.2 Å². The average molecular weight is 397 g/mol. The topological polar surface area (TPSA) is 80.1 Å². The van der Waals surface area contributed by atoms with Crippen molar-refractivity contribution < 1.29 is 9.59 Å². The van der Waals surface area contributed by atoms with Crippen LogP contribution in [0.1, 0.15) is 6.42 Å². The number of benzene rings is 3. The summed E-state index contributed by atoms with van der Waals surface area (Å²) in [5, 5.41) is 12.9. The van der Waals surface area contributed by atoms with Crippen molar-refractivity contribution in [2.45, 2.75) is 6.42 Å². The number of para-hydroxylation sites is 2. The molecule has 7 heteroatoms. The molecular formula is C23H19N5O2. The summed E-state index contributed by atoms with van der Waals surface area (Å²) in [7, 11) is 0. The van der Waals surface area contributed by atoms with Crippen LogP contribution in [-0.2, 0) is 9.59 Å². The lowest BCUT2D eigenvalue weighted by molar-refractivity contribution is -0.122. The number of nitrogens with one attached hydrogen (secondary N) is 1. The van der Waals surface area contributed by atoms with Crippen molar-refractivity contribution >= 4 is 34.0 Å². The Balaban J connectivity index is 1.38. The van der Waals surface area contributed by atoms with Gasteiger partial charge in [-0.15, -0.1) is 5.10 Å². The first-order valence-corrected chi connectivity index (χ1v) is 9.75. The fourth-order valence-electron chi connectivity index (χ4n) is 3.91. The quantitative estimate of drug-likeness (QED) is 0.572. The molecule has 1 unspecified atom stereocenters. The van der Waals surface area contributed by atoms with Crippen LogP contribution in [0.3, 0.4) is 0 Å². The molecule has 7 nitrogen and oxygen atoms in total. The average Bonchev–Trinajstić information content (AvgIpc) is 3.44. The SMILES string of the molecule is O=C(Nc1ccccc1-n1ccnn1)C1CC(=O)N(c2cccc3ccccc23)C1. The highest BCUT2D eigenvalue weighted by Gasteiger charge is 2.36. The van der Waals surface area contributed by atoms with Gasteiger partial charge < -0.3 is 10.2 Å². The minimum Gasteiger partial charge on any atom is -0.324 e. The molecule has 148 valence electrons. The number of rotatable bonds is 4. The molecule has 0 aliphatic carbocycles. The molecule has 1 aliphatic heterocycles. The molecule has 0 saturated carbocycles. The van der Waals surface area contributed by atoms with Crippen molar-refractivity contribution in [1.29, 1.82) is 0 Å². The van der Waals surface area contributed by atoms with Crippen molar-refractivity contribution in [2.75, 3.05) is 16.8 Å². The van der Waals surface area contributed by atoms with Crippen molar-refractivity contribution in [2.24, 2.45) is 5.92 Å². The van der Waals surface area contributed by atoms with Crippen LogP contribution in [0.4, 0.5) is 11.4 Å². The Morgan fingerprint density at radius 3 is 2.60 bits per heavy atom. The van der Waals surface area contributed by atoms with Gasteiger partial charge in [0.05, 0.1) is 35.4 Å². The van der Waals surface area contributed by atoms with E-state index in [1.54, 1.807) is 22.0 Å². The highest BCUT2D eigenvalue weighted by molar-refractivity contribution is 6.08. The first-order chi connectivity index (χ1) is 14.7. The Bertz CT molecular complexity index is 1230. The molecule has 0 radical (unpaired) electrons. The third-order valence-corrected chi connectivity index (χ3v) is 5.38. The number of anilines is 2. The van der Waals surface area contributed by atoms with Crippen molar-refractivity contribution in [3.8, 4) is 5.69 Å². The summed E-state index contributed by atoms with van der Waals surface area (Å²) in [5.74, 6) is -0.657. The van der Waals surface area contributed by atoms with Crippen LogP contribution in [0.15, 0.2) is 79.1 Å². The zero-order valence-corrected chi connectivity index (χ0v) is 16.1. The van der Waals surface area contributed by atoms with E-state index in [9.17, 15) is 9.59 Å². The van der Waals surface area contributed by atoms with Gasteiger partial charge in [0, 0.05) is 18.4 Å². The molecule has 1 aliphatic rings. The summed E-state index contributed by atoms with van der Waals surface area (Å²) in [6.07, 6.45) is 3.48. The Morgan fingerprint density at radius 1 is 0.967 bits per heavy atom. The number of carbonyl (C=O) groups is 2. The van der Waals surface area contributed by atoms with Crippen LogP contribution in [0.5, 0.6) is 0 Å². The van der Waals surface area contributed by atoms with Crippen molar-refractivity contribution in [3.63, 3.8) is 0 Å². The molecule has 2 amide bonds. The summed E-state index contributed by atoms with van der Waals surface area (Å²) in [6, 6.07) is 21.2. The largest absolute Gasteiger partial charge is 0.324 e. The number of hydrogen-bond donors (Lipinski definition) is 1. The molecule has 3 aromatic carbocycles. The van der Waals surface area contributed by atoms with Gasteiger partial charge in [-0.2, -0.15) is 0 Å². The molecule has 1 saturated heterocycles. The standard InChI is InChI=1S/C23H19N5O2/c29-22-14-17(15-27(22)20-11-5-7-16-6-1-2-8-18(16)20)23(30)25-19-9-3-4-10-21(19)28-13-12-24-26-28/h1-13,17H,14-15H2,(H,25,30). The highest BCUT2D eigenvalue weighted by atomic mass is 16.2. The number of nitrogens with zero attached hydrogens (tertiary/aromatic N) is 4. The van der Waals surface area contributed by atoms with Gasteiger partial charge in [-0.1, -0.05) is 53.7 Å². The van der Waals surface area contributed by atoms with Crippen LogP contribution in [-0.4, -0.2) is 33.4 Å². The first kappa shape index (κ1) is 18.1. The van der Waals surface area contributed by atoms with Crippen molar-refractivity contribution in [1.82, 2.24) is 15.0 Å². The second-order valence-electron chi connectivity index (χ2n) is 7.26. The van der Waals surface area contributed by atoms with Gasteiger partial charge in [-0.05, 0) is 23.6 Å². The maximum atomic E-state index is 13.0. The maximum absolute atomic E-state index is 13.0. The molecule has 1 aromatic heterocycles. The minimum atomic E-state index is -0.430. The van der Waals surface area contributed by atoms with Crippen LogP contribution >= 0.6 is 0 Å². The lowest BCUT2D eigenvalue weighted by Gasteiger charge is -2.19. The van der Waals surface area contributed by atoms with E-state index in [1.165, 1.54) is 0 Å². The van der Waals surface area contributed by atoms with Crippen LogP contribution in [0.2, 0.25) is 0 Å². The second-order valence-corrected chi connectivity index (χ2v) is 7.26. The summed E-state index contributed by atoms with van der Waals surface area (Å²) in [4.78, 5) is 27.5. The number of fused-ring (bicyclic) bond motifs is 1. The molecule has 1 fully saturated rings. The normalized spacial score (nSPS) is 16.2. The van der Waals surface area contributed by atoms with Gasteiger partial charge >= 0.3 is 0 Å². The predicted molar refractivity (Wildman–Crippen MR) is 114 cm³/mol. The summed E-state index contributed by atoms with van der Waals surface area (Å²) in [6.45, 7) is 0.351. The number of aromatic nitrogens is 3. The smallest absolute Gasteiger partial charge is 0.229 e. The van der Waals surface area contributed by atoms with Gasteiger partial charge in [0.25, 0.3) is 0 Å². The van der Waals surface area contributed by atoms with Gasteiger partial charge in [0.2, 0.25) is 11.8 Å². The third-order valence-electron chi connectivity index (χ3n) is 5.38. The van der Waals surface area contributed by atoms with E-state index in [1.807, 2.05) is 66.7 Å². The van der Waals surface area contributed by atoms with Crippen molar-refractivity contribution in [3.05, 3.63) is 79.1 Å². The molecule has 0 bridgehead atoms. The van der Waals surface area contributed by atoms with E-state index in [2.05, 4.69) is 15.6 Å². The molecule has 1 atom stereocenters. The zero-order chi connectivity index (χ0) is 20.5. The first-order valence-electron chi connectivity index (χ1n) is 9.75. The summed E-state index contributed by atoms with van der Waals surface area (Å²) in [5.41, 5.74) is 2.19. The zero-order valence-electron chi connectivity index (χ0n) is 16.1. The lowest BCUT2D eigenvalue weighted by Crippen LogP contribution is -2.28. The van der Waals surface area contributed by atoms with E-state index in [0.717, 1.165) is 22.1 Å². The highest BCUT2D eigenvalue weighted by Crippen LogP contribution is 2.32. The molecule has 1 N–H and O–H groups in total. The van der Waals surface area contributed by atoms with Crippen LogP contribution in [0, 0.1) is 5.92 Å². The van der Waals surface area contributed by atoms with E-state index in [-0.39, 0.29) is 18.2 Å². The molecule has 2 heterocycles. The van der Waals surface area contributed by atoms with Gasteiger partial charge in [0.15, 0.2) is 0 Å². The van der Waals surface area contributed by atoms with Gasteiger partial charge in [-0.3, -0.25) is 9.59 Å². The predicted octanol–water partition coefficient (Wildman–Crippen LogP) is 3.41. The van der Waals surface area contributed by atoms with Crippen LogP contribution in [0.25, 0.3) is 16.5 Å². The molecule has 4 aromatic rings. The lowest BCUT2D eigenvalue weighted by atomic mass is 10.1. The monoisotopic (exact) mass is 397 g/mol.